The van der Waals surface area contributed by atoms with Gasteiger partial charge in [0.2, 0.25) is 0 Å². The van der Waals surface area contributed by atoms with Gasteiger partial charge in [-0.05, 0) is 62.2 Å². The molecule has 1 aromatic carbocycles. The van der Waals surface area contributed by atoms with Crippen LogP contribution in [-0.4, -0.2) is 37.3 Å². The number of benzene rings is 1. The van der Waals surface area contributed by atoms with E-state index in [1.807, 2.05) is 11.8 Å². The smallest absolute Gasteiger partial charge is 0.0104 e. The standard InChI is InChI=1S/C15H24N2S/c1-17(10-8-16)9-2-4-13-6-7-15-14(12-13)5-3-11-18-15/h6-7,12H,2-5,8-11,16H2,1H3. The zero-order chi connectivity index (χ0) is 12.8. The molecule has 2 rings (SSSR count). The quantitative estimate of drug-likeness (QED) is 0.856. The van der Waals surface area contributed by atoms with Crippen molar-refractivity contribution in [3.63, 3.8) is 0 Å². The van der Waals surface area contributed by atoms with Crippen molar-refractivity contribution in [2.45, 2.75) is 30.6 Å². The second kappa shape index (κ2) is 7.17. The van der Waals surface area contributed by atoms with Gasteiger partial charge in [-0.25, -0.2) is 0 Å². The van der Waals surface area contributed by atoms with E-state index in [9.17, 15) is 0 Å². The monoisotopic (exact) mass is 264 g/mol. The van der Waals surface area contributed by atoms with Gasteiger partial charge in [0.15, 0.2) is 0 Å². The molecule has 0 saturated heterocycles. The van der Waals surface area contributed by atoms with Crippen LogP contribution in [0, 0.1) is 0 Å². The average molecular weight is 264 g/mol. The van der Waals surface area contributed by atoms with Crippen molar-refractivity contribution in [1.29, 1.82) is 0 Å². The van der Waals surface area contributed by atoms with Crippen molar-refractivity contribution >= 4 is 11.8 Å². The Kier molecular flexibility index (Phi) is 5.54. The van der Waals surface area contributed by atoms with Crippen LogP contribution in [0.4, 0.5) is 0 Å². The number of nitrogens with two attached hydrogens (primary N) is 1. The van der Waals surface area contributed by atoms with Gasteiger partial charge in [0, 0.05) is 18.0 Å². The fraction of sp³-hybridized carbons (Fsp3) is 0.600. The van der Waals surface area contributed by atoms with Gasteiger partial charge < -0.3 is 10.6 Å². The third-order valence-electron chi connectivity index (χ3n) is 3.49. The lowest BCUT2D eigenvalue weighted by molar-refractivity contribution is 0.338. The summed E-state index contributed by atoms with van der Waals surface area (Å²) in [5.41, 5.74) is 8.61. The van der Waals surface area contributed by atoms with Crippen LogP contribution in [-0.2, 0) is 12.8 Å². The van der Waals surface area contributed by atoms with Gasteiger partial charge in [-0.1, -0.05) is 12.1 Å². The van der Waals surface area contributed by atoms with Crippen LogP contribution in [0.1, 0.15) is 24.0 Å². The van der Waals surface area contributed by atoms with Gasteiger partial charge >= 0.3 is 0 Å². The fourth-order valence-electron chi connectivity index (χ4n) is 2.45. The number of fused-ring (bicyclic) bond motifs is 1. The molecule has 0 spiro atoms. The Bertz CT molecular complexity index is 379. The molecule has 0 saturated carbocycles. The predicted octanol–water partition coefficient (Wildman–Crippen LogP) is 2.55. The van der Waals surface area contributed by atoms with E-state index in [4.69, 9.17) is 5.73 Å². The molecule has 0 aromatic heterocycles. The maximum absolute atomic E-state index is 5.54. The summed E-state index contributed by atoms with van der Waals surface area (Å²) in [6.45, 7) is 2.90. The van der Waals surface area contributed by atoms with Crippen LogP contribution < -0.4 is 5.73 Å². The summed E-state index contributed by atoms with van der Waals surface area (Å²) in [6, 6.07) is 7.04. The predicted molar refractivity (Wildman–Crippen MR) is 80.4 cm³/mol. The SMILES string of the molecule is CN(CCN)CCCc1ccc2c(c1)CCCS2. The van der Waals surface area contributed by atoms with Gasteiger partial charge in [-0.3, -0.25) is 0 Å². The topological polar surface area (TPSA) is 29.3 Å². The maximum atomic E-state index is 5.54. The van der Waals surface area contributed by atoms with Crippen LogP contribution in [0.15, 0.2) is 23.1 Å². The number of hydrogen-bond donors (Lipinski definition) is 1. The van der Waals surface area contributed by atoms with E-state index >= 15 is 0 Å². The highest BCUT2D eigenvalue weighted by Gasteiger charge is 2.09. The summed E-state index contributed by atoms with van der Waals surface area (Å²) in [5, 5.41) is 0. The molecule has 0 aliphatic carbocycles. The first-order chi connectivity index (χ1) is 8.79. The number of hydrogen-bond acceptors (Lipinski definition) is 3. The van der Waals surface area contributed by atoms with E-state index in [-0.39, 0.29) is 0 Å². The van der Waals surface area contributed by atoms with Crippen molar-refractivity contribution in [2.75, 3.05) is 32.4 Å². The molecule has 2 nitrogen and oxygen atoms in total. The molecule has 1 heterocycles. The minimum Gasteiger partial charge on any atom is -0.329 e. The Morgan fingerprint density at radius 3 is 3.06 bits per heavy atom. The molecule has 1 aliphatic heterocycles. The van der Waals surface area contributed by atoms with Crippen molar-refractivity contribution in [2.24, 2.45) is 5.73 Å². The minimum absolute atomic E-state index is 0.757. The van der Waals surface area contributed by atoms with E-state index in [1.54, 1.807) is 5.56 Å². The lowest BCUT2D eigenvalue weighted by Crippen LogP contribution is -2.26. The van der Waals surface area contributed by atoms with Crippen LogP contribution in [0.25, 0.3) is 0 Å². The summed E-state index contributed by atoms with van der Waals surface area (Å²) in [7, 11) is 2.15. The van der Waals surface area contributed by atoms with Gasteiger partial charge in [0.25, 0.3) is 0 Å². The second-order valence-electron chi connectivity index (χ2n) is 5.09. The normalized spacial score (nSPS) is 14.8. The van der Waals surface area contributed by atoms with Crippen LogP contribution >= 0.6 is 11.8 Å². The summed E-state index contributed by atoms with van der Waals surface area (Å²) in [6.07, 6.45) is 5.01. The Morgan fingerprint density at radius 1 is 1.33 bits per heavy atom. The molecule has 0 atom stereocenters. The molecule has 18 heavy (non-hydrogen) atoms. The van der Waals surface area contributed by atoms with Gasteiger partial charge in [-0.2, -0.15) is 0 Å². The number of nitrogens with zero attached hydrogens (tertiary/aromatic N) is 1. The van der Waals surface area contributed by atoms with Crippen LogP contribution in [0.3, 0.4) is 0 Å². The van der Waals surface area contributed by atoms with Gasteiger partial charge in [0.1, 0.15) is 0 Å². The lowest BCUT2D eigenvalue weighted by Gasteiger charge is -2.17. The Hall–Kier alpha value is -0.510. The first kappa shape index (κ1) is 13.9. The molecule has 0 fully saturated rings. The maximum Gasteiger partial charge on any atom is 0.0104 e. The third kappa shape index (κ3) is 4.01. The summed E-state index contributed by atoms with van der Waals surface area (Å²) < 4.78 is 0. The summed E-state index contributed by atoms with van der Waals surface area (Å²) in [5.74, 6) is 1.29. The highest BCUT2D eigenvalue weighted by atomic mass is 32.2. The fourth-order valence-corrected chi connectivity index (χ4v) is 3.47. The van der Waals surface area contributed by atoms with Gasteiger partial charge in [0.05, 0.1) is 0 Å². The molecule has 0 unspecified atom stereocenters. The number of aryl methyl sites for hydroxylation is 2. The average Bonchev–Trinajstić information content (AvgIpc) is 2.39. The van der Waals surface area contributed by atoms with Crippen LogP contribution in [0.2, 0.25) is 0 Å². The molecule has 0 amide bonds. The van der Waals surface area contributed by atoms with E-state index < -0.39 is 0 Å². The highest BCUT2D eigenvalue weighted by molar-refractivity contribution is 7.99. The van der Waals surface area contributed by atoms with Crippen molar-refractivity contribution < 1.29 is 0 Å². The second-order valence-corrected chi connectivity index (χ2v) is 6.23. The zero-order valence-corrected chi connectivity index (χ0v) is 12.1. The first-order valence-corrected chi connectivity index (χ1v) is 7.91. The van der Waals surface area contributed by atoms with Crippen LogP contribution in [0.5, 0.6) is 0 Å². The number of thioether (sulfide) groups is 1. The summed E-state index contributed by atoms with van der Waals surface area (Å²) in [4.78, 5) is 3.82. The summed E-state index contributed by atoms with van der Waals surface area (Å²) >= 11 is 2.01. The molecule has 3 heteroatoms. The first-order valence-electron chi connectivity index (χ1n) is 6.93. The molecule has 0 bridgehead atoms. The molecule has 1 aromatic rings. The molecule has 0 radical (unpaired) electrons. The molecule has 1 aliphatic rings. The molecular formula is C15H24N2S. The van der Waals surface area contributed by atoms with E-state index in [0.29, 0.717) is 0 Å². The van der Waals surface area contributed by atoms with E-state index in [2.05, 4.69) is 30.1 Å². The van der Waals surface area contributed by atoms with E-state index in [0.717, 1.165) is 19.6 Å². The largest absolute Gasteiger partial charge is 0.329 e. The number of rotatable bonds is 6. The lowest BCUT2D eigenvalue weighted by atomic mass is 10.0. The Morgan fingerprint density at radius 2 is 2.22 bits per heavy atom. The Balaban J connectivity index is 1.82. The highest BCUT2D eigenvalue weighted by Crippen LogP contribution is 2.30. The van der Waals surface area contributed by atoms with Gasteiger partial charge in [-0.15, -0.1) is 11.8 Å². The van der Waals surface area contributed by atoms with Crippen molar-refractivity contribution in [3.8, 4) is 0 Å². The Labute approximate surface area is 115 Å². The molecule has 2 N–H and O–H groups in total. The minimum atomic E-state index is 0.757. The zero-order valence-electron chi connectivity index (χ0n) is 11.3. The number of likely N-dealkylation sites (N-methyl/N-ethyl adjacent to an activating group) is 1. The third-order valence-corrected chi connectivity index (χ3v) is 4.69. The van der Waals surface area contributed by atoms with Crippen molar-refractivity contribution in [1.82, 2.24) is 4.90 Å². The molecule has 100 valence electrons. The van der Waals surface area contributed by atoms with Crippen molar-refractivity contribution in [3.05, 3.63) is 29.3 Å². The van der Waals surface area contributed by atoms with E-state index in [1.165, 1.54) is 41.9 Å². The molecular weight excluding hydrogens is 240 g/mol.